The van der Waals surface area contributed by atoms with Gasteiger partial charge in [0.25, 0.3) is 0 Å². The third kappa shape index (κ3) is 6.15. The summed E-state index contributed by atoms with van der Waals surface area (Å²) in [6.45, 7) is 25.6. The highest BCUT2D eigenvalue weighted by molar-refractivity contribution is 6.85. The zero-order valence-electron chi connectivity index (χ0n) is 17.1. The minimum Gasteiger partial charge on any atom is -0.295 e. The molecule has 0 aromatic heterocycles. The molecule has 0 spiro atoms. The van der Waals surface area contributed by atoms with Crippen LogP contribution in [-0.2, 0) is 4.79 Å². The lowest BCUT2D eigenvalue weighted by Gasteiger charge is -2.37. The summed E-state index contributed by atoms with van der Waals surface area (Å²) in [5, 5.41) is 0.720. The van der Waals surface area contributed by atoms with E-state index < -0.39 is 16.1 Å². The van der Waals surface area contributed by atoms with Crippen molar-refractivity contribution in [3.63, 3.8) is 0 Å². The molecule has 0 atom stereocenters. The molecule has 0 aliphatic carbocycles. The first-order valence-corrected chi connectivity index (χ1v) is 15.0. The molecule has 0 radical (unpaired) electrons. The normalized spacial score (nSPS) is 15.1. The Morgan fingerprint density at radius 2 is 1.36 bits per heavy atom. The molecule has 0 N–H and O–H groups in total. The molecule has 0 aliphatic heterocycles. The fraction of sp³-hybridized carbons (Fsp3) is 0.842. The highest BCUT2D eigenvalue weighted by Gasteiger charge is 2.35. The molecular formula is C19H40OSi2. The largest absolute Gasteiger partial charge is 0.295 e. The van der Waals surface area contributed by atoms with Gasteiger partial charge in [-0.05, 0) is 29.0 Å². The summed E-state index contributed by atoms with van der Waals surface area (Å²) >= 11 is 0. The Bertz CT molecular complexity index is 418. The van der Waals surface area contributed by atoms with Crippen molar-refractivity contribution in [3.05, 3.63) is 11.3 Å². The van der Waals surface area contributed by atoms with Crippen LogP contribution in [0.5, 0.6) is 0 Å². The molecule has 3 heteroatoms. The Balaban J connectivity index is 4.71. The second-order valence-corrected chi connectivity index (χ2v) is 21.2. The monoisotopic (exact) mass is 340 g/mol. The number of hydrogen-bond donors (Lipinski definition) is 0. The van der Waals surface area contributed by atoms with E-state index in [4.69, 9.17) is 0 Å². The molecule has 0 aromatic carbocycles. The van der Waals surface area contributed by atoms with E-state index in [1.807, 2.05) is 6.92 Å². The molecule has 22 heavy (non-hydrogen) atoms. The first-order valence-electron chi connectivity index (χ1n) is 8.74. The van der Waals surface area contributed by atoms with E-state index in [1.54, 1.807) is 0 Å². The van der Waals surface area contributed by atoms with Crippen LogP contribution in [0.4, 0.5) is 0 Å². The third-order valence-corrected chi connectivity index (χ3v) is 16.9. The topological polar surface area (TPSA) is 17.1 Å². The van der Waals surface area contributed by atoms with Gasteiger partial charge in [-0.2, -0.15) is 0 Å². The molecule has 0 saturated heterocycles. The first kappa shape index (κ1) is 21.8. The average molecular weight is 341 g/mol. The Kier molecular flexibility index (Phi) is 7.11. The summed E-state index contributed by atoms with van der Waals surface area (Å²) in [7, 11) is -2.76. The highest BCUT2D eigenvalue weighted by Crippen LogP contribution is 2.40. The fourth-order valence-electron chi connectivity index (χ4n) is 2.10. The van der Waals surface area contributed by atoms with E-state index in [0.29, 0.717) is 15.9 Å². The number of allylic oxidation sites excluding steroid dienone is 1. The predicted octanol–water partition coefficient (Wildman–Crippen LogP) is 6.84. The summed E-state index contributed by atoms with van der Waals surface area (Å²) in [6.07, 6.45) is 1.78. The molecule has 0 rings (SSSR count). The fourth-order valence-corrected chi connectivity index (χ4v) is 5.59. The predicted molar refractivity (Wildman–Crippen MR) is 107 cm³/mol. The van der Waals surface area contributed by atoms with Crippen LogP contribution in [0.15, 0.2) is 11.3 Å². The summed E-state index contributed by atoms with van der Waals surface area (Å²) in [5.41, 5.74) is 3.32. The zero-order chi connectivity index (χ0) is 18.0. The van der Waals surface area contributed by atoms with Gasteiger partial charge in [-0.15, -0.1) is 0 Å². The van der Waals surface area contributed by atoms with Gasteiger partial charge in [0.1, 0.15) is 0 Å². The maximum Gasteiger partial charge on any atom is 0.157 e. The van der Waals surface area contributed by atoms with Gasteiger partial charge in [0.15, 0.2) is 5.78 Å². The van der Waals surface area contributed by atoms with Gasteiger partial charge in [0.05, 0.1) is 16.1 Å². The van der Waals surface area contributed by atoms with E-state index in [0.717, 1.165) is 18.4 Å². The van der Waals surface area contributed by atoms with Gasteiger partial charge in [0.2, 0.25) is 0 Å². The van der Waals surface area contributed by atoms with Crippen LogP contribution in [0.25, 0.3) is 0 Å². The summed E-state index contributed by atoms with van der Waals surface area (Å²) < 4.78 is 0. The van der Waals surface area contributed by atoms with Crippen LogP contribution in [0.3, 0.4) is 0 Å². The van der Waals surface area contributed by atoms with Gasteiger partial charge in [-0.1, -0.05) is 79.5 Å². The number of rotatable bonds is 6. The van der Waals surface area contributed by atoms with E-state index >= 15 is 0 Å². The van der Waals surface area contributed by atoms with Crippen molar-refractivity contribution in [2.75, 3.05) is 0 Å². The number of carbonyl (C=O) groups is 1. The number of carbonyl (C=O) groups excluding carboxylic acids is 1. The standard InChI is InChI=1S/C19H40OSi2/c1-16(15-22(10,11)19(5,6)7)17(20)13-12-14-21(8,9)18(2,3)4/h15H,12-14H2,1-11H3/b16-15+. The van der Waals surface area contributed by atoms with Crippen LogP contribution < -0.4 is 0 Å². The number of ketones is 1. The van der Waals surface area contributed by atoms with Gasteiger partial charge in [-0.25, -0.2) is 0 Å². The molecule has 1 nitrogen and oxygen atoms in total. The molecule has 130 valence electrons. The van der Waals surface area contributed by atoms with Crippen molar-refractivity contribution >= 4 is 21.9 Å². The SMILES string of the molecule is C/C(=C\[Si](C)(C)C(C)(C)C)C(=O)CCC[Si](C)(C)C(C)(C)C. The van der Waals surface area contributed by atoms with E-state index in [2.05, 4.69) is 73.4 Å². The number of Topliss-reactive ketones (excluding diaryl/α,β-unsaturated/α-hetero) is 1. The lowest BCUT2D eigenvalue weighted by molar-refractivity contribution is -0.115. The van der Waals surface area contributed by atoms with Gasteiger partial charge >= 0.3 is 0 Å². The van der Waals surface area contributed by atoms with Gasteiger partial charge in [0, 0.05) is 6.42 Å². The van der Waals surface area contributed by atoms with Crippen molar-refractivity contribution in [1.82, 2.24) is 0 Å². The molecule has 0 saturated carbocycles. The molecule has 0 aromatic rings. The smallest absolute Gasteiger partial charge is 0.157 e. The Morgan fingerprint density at radius 1 is 0.909 bits per heavy atom. The Labute approximate surface area is 142 Å². The molecule has 0 aliphatic rings. The third-order valence-electron chi connectivity index (χ3n) is 6.19. The maximum absolute atomic E-state index is 12.5. The minimum atomic E-state index is -1.51. The lowest BCUT2D eigenvalue weighted by atomic mass is 10.1. The van der Waals surface area contributed by atoms with Crippen molar-refractivity contribution in [2.45, 2.75) is 104 Å². The first-order chi connectivity index (χ1) is 9.51. The zero-order valence-corrected chi connectivity index (χ0v) is 19.1. The Hall–Kier alpha value is -0.156. The summed E-state index contributed by atoms with van der Waals surface area (Å²) in [4.78, 5) is 12.5. The molecular weight excluding hydrogens is 300 g/mol. The Morgan fingerprint density at radius 3 is 1.73 bits per heavy atom. The molecule has 0 unspecified atom stereocenters. The van der Waals surface area contributed by atoms with Crippen LogP contribution in [0.2, 0.25) is 42.3 Å². The van der Waals surface area contributed by atoms with Gasteiger partial charge in [-0.3, -0.25) is 4.79 Å². The van der Waals surface area contributed by atoms with Crippen molar-refractivity contribution in [2.24, 2.45) is 0 Å². The van der Waals surface area contributed by atoms with Crippen molar-refractivity contribution in [3.8, 4) is 0 Å². The van der Waals surface area contributed by atoms with E-state index in [-0.39, 0.29) is 0 Å². The highest BCUT2D eigenvalue weighted by atomic mass is 28.3. The lowest BCUT2D eigenvalue weighted by Crippen LogP contribution is -2.37. The molecule has 0 amide bonds. The maximum atomic E-state index is 12.5. The molecule has 0 fully saturated rings. The van der Waals surface area contributed by atoms with Crippen LogP contribution in [0, 0.1) is 0 Å². The van der Waals surface area contributed by atoms with Crippen LogP contribution >= 0.6 is 0 Å². The van der Waals surface area contributed by atoms with E-state index in [1.165, 1.54) is 6.04 Å². The molecule has 0 heterocycles. The van der Waals surface area contributed by atoms with Crippen LogP contribution in [-0.4, -0.2) is 21.9 Å². The van der Waals surface area contributed by atoms with E-state index in [9.17, 15) is 4.79 Å². The number of hydrogen-bond acceptors (Lipinski definition) is 1. The van der Waals surface area contributed by atoms with Crippen molar-refractivity contribution < 1.29 is 4.79 Å². The van der Waals surface area contributed by atoms with Crippen molar-refractivity contribution in [1.29, 1.82) is 0 Å². The summed E-state index contributed by atoms with van der Waals surface area (Å²) in [5.74, 6) is 0.364. The minimum absolute atomic E-state index is 0.301. The van der Waals surface area contributed by atoms with Crippen LogP contribution in [0.1, 0.15) is 61.3 Å². The quantitative estimate of drug-likeness (QED) is 0.382. The second-order valence-electron chi connectivity index (χ2n) is 10.2. The average Bonchev–Trinajstić information content (AvgIpc) is 2.24. The second kappa shape index (κ2) is 7.17. The molecule has 0 bridgehead atoms. The summed E-state index contributed by atoms with van der Waals surface area (Å²) in [6, 6.07) is 1.25. The van der Waals surface area contributed by atoms with Gasteiger partial charge < -0.3 is 0 Å².